The third-order valence-electron chi connectivity index (χ3n) is 3.29. The highest BCUT2D eigenvalue weighted by molar-refractivity contribution is 5.89. The highest BCUT2D eigenvalue weighted by atomic mass is 16.2. The maximum Gasteiger partial charge on any atom is 0.242 e. The van der Waals surface area contributed by atoms with Crippen molar-refractivity contribution in [3.05, 3.63) is 48.0 Å². The Balaban J connectivity index is 2.01. The zero-order valence-electron chi connectivity index (χ0n) is 11.9. The van der Waals surface area contributed by atoms with E-state index in [-0.39, 0.29) is 18.4 Å². The van der Waals surface area contributed by atoms with Crippen molar-refractivity contribution in [1.29, 1.82) is 0 Å². The van der Waals surface area contributed by atoms with Gasteiger partial charge in [0, 0.05) is 6.54 Å². The summed E-state index contributed by atoms with van der Waals surface area (Å²) >= 11 is 0. The first-order valence-electron chi connectivity index (χ1n) is 6.85. The lowest BCUT2D eigenvalue weighted by Crippen LogP contribution is -2.46. The number of rotatable bonds is 5. The fourth-order valence-electron chi connectivity index (χ4n) is 2.15. The minimum atomic E-state index is -0.601. The molecule has 1 unspecified atom stereocenters. The maximum absolute atomic E-state index is 11.9. The number of fused-ring (bicyclic) bond motifs is 1. The Kier molecular flexibility index (Phi) is 4.90. The minimum absolute atomic E-state index is 0.124. The molecule has 5 nitrogen and oxygen atoms in total. The zero-order valence-corrected chi connectivity index (χ0v) is 11.9. The third kappa shape index (κ3) is 3.79. The van der Waals surface area contributed by atoms with E-state index in [1.165, 1.54) is 0 Å². The van der Waals surface area contributed by atoms with Crippen LogP contribution in [0.2, 0.25) is 0 Å². The summed E-state index contributed by atoms with van der Waals surface area (Å²) in [5, 5.41) is 7.60. The first-order valence-corrected chi connectivity index (χ1v) is 6.85. The van der Waals surface area contributed by atoms with Gasteiger partial charge in [0.05, 0.1) is 6.54 Å². The molecule has 0 aliphatic heterocycles. The Morgan fingerprint density at radius 3 is 2.62 bits per heavy atom. The maximum atomic E-state index is 11.9. The van der Waals surface area contributed by atoms with Crippen LogP contribution in [0.4, 0.5) is 0 Å². The van der Waals surface area contributed by atoms with Crippen molar-refractivity contribution in [2.45, 2.75) is 19.5 Å². The Bertz CT molecular complexity index is 650. The predicted molar refractivity (Wildman–Crippen MR) is 82.5 cm³/mol. The highest BCUT2D eigenvalue weighted by Gasteiger charge is 2.14. The van der Waals surface area contributed by atoms with E-state index in [2.05, 4.69) is 10.6 Å². The Hall–Kier alpha value is -2.40. The molecule has 0 bridgehead atoms. The van der Waals surface area contributed by atoms with Crippen molar-refractivity contribution in [2.75, 3.05) is 6.54 Å². The molecule has 2 aromatic carbocycles. The van der Waals surface area contributed by atoms with Crippen LogP contribution in [0.1, 0.15) is 12.5 Å². The van der Waals surface area contributed by atoms with Gasteiger partial charge in [-0.25, -0.2) is 0 Å². The average molecular weight is 285 g/mol. The van der Waals surface area contributed by atoms with Crippen LogP contribution in [0, 0.1) is 0 Å². The van der Waals surface area contributed by atoms with E-state index in [0.29, 0.717) is 6.54 Å². The second-order valence-electron chi connectivity index (χ2n) is 4.85. The fourth-order valence-corrected chi connectivity index (χ4v) is 2.15. The Morgan fingerprint density at radius 1 is 1.14 bits per heavy atom. The van der Waals surface area contributed by atoms with Crippen molar-refractivity contribution in [1.82, 2.24) is 10.6 Å². The summed E-state index contributed by atoms with van der Waals surface area (Å²) in [4.78, 5) is 23.1. The predicted octanol–water partition coefficient (Wildman–Crippen LogP) is 0.919. The van der Waals surface area contributed by atoms with Gasteiger partial charge >= 0.3 is 0 Å². The molecule has 2 aromatic rings. The quantitative estimate of drug-likeness (QED) is 0.763. The number of hydrogen-bond acceptors (Lipinski definition) is 3. The molecular weight excluding hydrogens is 266 g/mol. The number of carbonyl (C=O) groups is 2. The van der Waals surface area contributed by atoms with Gasteiger partial charge in [-0.1, -0.05) is 42.5 Å². The van der Waals surface area contributed by atoms with Crippen molar-refractivity contribution >= 4 is 22.6 Å². The van der Waals surface area contributed by atoms with Crippen LogP contribution in [0.25, 0.3) is 10.8 Å². The van der Waals surface area contributed by atoms with Crippen molar-refractivity contribution in [3.8, 4) is 0 Å². The molecule has 21 heavy (non-hydrogen) atoms. The van der Waals surface area contributed by atoms with Crippen LogP contribution in [0.5, 0.6) is 0 Å². The summed E-state index contributed by atoms with van der Waals surface area (Å²) in [5.74, 6) is -0.576. The van der Waals surface area contributed by atoms with E-state index in [0.717, 1.165) is 16.3 Å². The number of nitrogens with two attached hydrogens (primary N) is 1. The molecule has 0 aliphatic rings. The van der Waals surface area contributed by atoms with Crippen LogP contribution in [-0.4, -0.2) is 24.4 Å². The van der Waals surface area contributed by atoms with Gasteiger partial charge in [0.25, 0.3) is 0 Å². The molecule has 0 radical (unpaired) electrons. The largest absolute Gasteiger partial charge is 0.350 e. The first kappa shape index (κ1) is 15.0. The van der Waals surface area contributed by atoms with Gasteiger partial charge in [-0.05, 0) is 23.3 Å². The Labute approximate surface area is 123 Å². The number of nitrogens with one attached hydrogen (secondary N) is 2. The molecule has 0 saturated heterocycles. The van der Waals surface area contributed by atoms with Crippen molar-refractivity contribution in [2.24, 2.45) is 5.73 Å². The molecule has 2 amide bonds. The summed E-state index contributed by atoms with van der Waals surface area (Å²) in [7, 11) is 0. The van der Waals surface area contributed by atoms with Crippen LogP contribution in [0.15, 0.2) is 42.5 Å². The SMILES string of the molecule is CC(NC(=O)CN)C(=O)NCc1cccc2ccccc12. The third-order valence-corrected chi connectivity index (χ3v) is 3.29. The molecule has 0 aliphatic carbocycles. The lowest BCUT2D eigenvalue weighted by molar-refractivity contribution is -0.128. The summed E-state index contributed by atoms with van der Waals surface area (Å²) in [5.41, 5.74) is 6.24. The number of hydrogen-bond donors (Lipinski definition) is 3. The van der Waals surface area contributed by atoms with E-state index < -0.39 is 6.04 Å². The zero-order chi connectivity index (χ0) is 15.2. The van der Waals surface area contributed by atoms with E-state index in [1.54, 1.807) is 6.92 Å². The van der Waals surface area contributed by atoms with Crippen LogP contribution in [-0.2, 0) is 16.1 Å². The fraction of sp³-hybridized carbons (Fsp3) is 0.250. The molecule has 2 rings (SSSR count). The van der Waals surface area contributed by atoms with Gasteiger partial charge < -0.3 is 16.4 Å². The van der Waals surface area contributed by atoms with Crippen LogP contribution < -0.4 is 16.4 Å². The topological polar surface area (TPSA) is 84.2 Å². The van der Waals surface area contributed by atoms with Crippen molar-refractivity contribution < 1.29 is 9.59 Å². The standard InChI is InChI=1S/C16H19N3O2/c1-11(19-15(20)9-17)16(21)18-10-13-7-4-6-12-5-2-3-8-14(12)13/h2-8,11H,9-10,17H2,1H3,(H,18,21)(H,19,20). The molecule has 110 valence electrons. The smallest absolute Gasteiger partial charge is 0.242 e. The van der Waals surface area contributed by atoms with Gasteiger partial charge in [0.1, 0.15) is 6.04 Å². The Morgan fingerprint density at radius 2 is 1.86 bits per heavy atom. The molecular formula is C16H19N3O2. The van der Waals surface area contributed by atoms with Crippen LogP contribution in [0.3, 0.4) is 0 Å². The summed E-state index contributed by atoms with van der Waals surface area (Å²) in [6.07, 6.45) is 0. The molecule has 0 spiro atoms. The lowest BCUT2D eigenvalue weighted by atomic mass is 10.0. The number of carbonyl (C=O) groups excluding carboxylic acids is 2. The second-order valence-corrected chi connectivity index (χ2v) is 4.85. The average Bonchev–Trinajstić information content (AvgIpc) is 2.52. The first-order chi connectivity index (χ1) is 10.1. The molecule has 0 saturated carbocycles. The van der Waals surface area contributed by atoms with Gasteiger partial charge in [0.15, 0.2) is 0 Å². The monoisotopic (exact) mass is 285 g/mol. The molecule has 4 N–H and O–H groups in total. The lowest BCUT2D eigenvalue weighted by Gasteiger charge is -2.14. The molecule has 0 fully saturated rings. The molecule has 1 atom stereocenters. The summed E-state index contributed by atoms with van der Waals surface area (Å²) < 4.78 is 0. The highest BCUT2D eigenvalue weighted by Crippen LogP contribution is 2.18. The van der Waals surface area contributed by atoms with Crippen LogP contribution >= 0.6 is 0 Å². The molecule has 5 heteroatoms. The minimum Gasteiger partial charge on any atom is -0.350 e. The molecule has 0 aromatic heterocycles. The van der Waals surface area contributed by atoms with Gasteiger partial charge in [-0.2, -0.15) is 0 Å². The van der Waals surface area contributed by atoms with E-state index >= 15 is 0 Å². The van der Waals surface area contributed by atoms with Gasteiger partial charge in [-0.3, -0.25) is 9.59 Å². The van der Waals surface area contributed by atoms with E-state index in [9.17, 15) is 9.59 Å². The number of amides is 2. The normalized spacial score (nSPS) is 11.9. The van der Waals surface area contributed by atoms with Gasteiger partial charge in [0.2, 0.25) is 11.8 Å². The second kappa shape index (κ2) is 6.85. The summed E-state index contributed by atoms with van der Waals surface area (Å²) in [6.45, 7) is 1.93. The molecule has 0 heterocycles. The summed E-state index contributed by atoms with van der Waals surface area (Å²) in [6, 6.07) is 13.4. The van der Waals surface area contributed by atoms with E-state index in [1.807, 2.05) is 42.5 Å². The van der Waals surface area contributed by atoms with E-state index in [4.69, 9.17) is 5.73 Å². The van der Waals surface area contributed by atoms with Crippen molar-refractivity contribution in [3.63, 3.8) is 0 Å². The van der Waals surface area contributed by atoms with Gasteiger partial charge in [-0.15, -0.1) is 0 Å². The number of benzene rings is 2.